The number of rotatable bonds is 4. The molecule has 128 valence electrons. The second kappa shape index (κ2) is 7.25. The van der Waals surface area contributed by atoms with Crippen LogP contribution >= 0.6 is 0 Å². The molecule has 24 heavy (non-hydrogen) atoms. The van der Waals surface area contributed by atoms with Crippen LogP contribution in [0.1, 0.15) is 19.4 Å². The monoisotopic (exact) mass is 338 g/mol. The average Bonchev–Trinajstić information content (AvgIpc) is 2.48. The molecule has 0 saturated heterocycles. The van der Waals surface area contributed by atoms with Crippen LogP contribution in [0, 0.1) is 0 Å². The molecule has 0 aliphatic rings. The Morgan fingerprint density at radius 2 is 1.62 bits per heavy atom. The topological polar surface area (TPSA) is 50.4 Å². The van der Waals surface area contributed by atoms with Crippen molar-refractivity contribution >= 4 is 17.4 Å². The molecule has 0 heterocycles. The van der Waals surface area contributed by atoms with E-state index in [1.165, 1.54) is 12.1 Å². The lowest BCUT2D eigenvalue weighted by molar-refractivity contribution is -0.137. The van der Waals surface area contributed by atoms with Crippen molar-refractivity contribution in [2.75, 3.05) is 10.6 Å². The number of hydrogen-bond acceptors (Lipinski definition) is 2. The Balaban J connectivity index is 2.04. The number of alkyl halides is 3. The molecule has 4 nitrogen and oxygen atoms in total. The normalized spacial score (nSPS) is 11.2. The first kappa shape index (κ1) is 17.7. The predicted molar refractivity (Wildman–Crippen MR) is 86.3 cm³/mol. The second-order valence-corrected chi connectivity index (χ2v) is 5.32. The lowest BCUT2D eigenvalue weighted by Crippen LogP contribution is -2.20. The molecule has 2 aromatic carbocycles. The van der Waals surface area contributed by atoms with Crippen molar-refractivity contribution < 1.29 is 22.7 Å². The van der Waals surface area contributed by atoms with Gasteiger partial charge in [0.1, 0.15) is 5.75 Å². The van der Waals surface area contributed by atoms with Crippen LogP contribution in [0.2, 0.25) is 0 Å². The molecular weight excluding hydrogens is 321 g/mol. The molecule has 2 amide bonds. The van der Waals surface area contributed by atoms with Gasteiger partial charge in [-0.25, -0.2) is 4.79 Å². The van der Waals surface area contributed by atoms with E-state index < -0.39 is 17.8 Å². The molecule has 7 heteroatoms. The van der Waals surface area contributed by atoms with Gasteiger partial charge >= 0.3 is 12.2 Å². The first-order valence-electron chi connectivity index (χ1n) is 7.26. The quantitative estimate of drug-likeness (QED) is 0.811. The molecule has 0 fully saturated rings. The van der Waals surface area contributed by atoms with Crippen molar-refractivity contribution in [1.82, 2.24) is 0 Å². The number of halogens is 3. The highest BCUT2D eigenvalue weighted by atomic mass is 19.4. The van der Waals surface area contributed by atoms with Crippen molar-refractivity contribution in [2.45, 2.75) is 26.1 Å². The Hall–Kier alpha value is -2.70. The summed E-state index contributed by atoms with van der Waals surface area (Å²) in [5.74, 6) is 0.509. The zero-order chi connectivity index (χ0) is 17.7. The van der Waals surface area contributed by atoms with Crippen molar-refractivity contribution in [1.29, 1.82) is 0 Å². The number of amides is 2. The van der Waals surface area contributed by atoms with Crippen LogP contribution in [0.15, 0.2) is 48.5 Å². The van der Waals surface area contributed by atoms with Crippen molar-refractivity contribution in [2.24, 2.45) is 0 Å². The van der Waals surface area contributed by atoms with Crippen LogP contribution in [-0.4, -0.2) is 12.1 Å². The summed E-state index contributed by atoms with van der Waals surface area (Å²) >= 11 is 0. The number of nitrogens with one attached hydrogen (secondary N) is 2. The van der Waals surface area contributed by atoms with E-state index in [0.717, 1.165) is 12.1 Å². The average molecular weight is 338 g/mol. The van der Waals surface area contributed by atoms with Gasteiger partial charge in [0.15, 0.2) is 0 Å². The van der Waals surface area contributed by atoms with E-state index in [2.05, 4.69) is 10.6 Å². The zero-order valence-electron chi connectivity index (χ0n) is 13.1. The molecular formula is C17H17F3N2O2. The highest BCUT2D eigenvalue weighted by molar-refractivity contribution is 6.00. The molecule has 0 spiro atoms. The number of benzene rings is 2. The van der Waals surface area contributed by atoms with Crippen LogP contribution in [0.4, 0.5) is 29.3 Å². The van der Waals surface area contributed by atoms with Gasteiger partial charge in [-0.05, 0) is 50.2 Å². The number of carbonyl (C=O) groups excluding carboxylic acids is 1. The van der Waals surface area contributed by atoms with E-state index in [9.17, 15) is 18.0 Å². The van der Waals surface area contributed by atoms with E-state index in [-0.39, 0.29) is 11.8 Å². The SMILES string of the molecule is CC(C)Oc1ccccc1NC(=O)Nc1ccc(C(F)(F)F)cc1. The Morgan fingerprint density at radius 1 is 1.00 bits per heavy atom. The molecule has 0 saturated carbocycles. The molecule has 0 atom stereocenters. The van der Waals surface area contributed by atoms with Gasteiger partial charge in [0.05, 0.1) is 17.4 Å². The maximum absolute atomic E-state index is 12.5. The predicted octanol–water partition coefficient (Wildman–Crippen LogP) is 5.14. The van der Waals surface area contributed by atoms with Gasteiger partial charge in [-0.15, -0.1) is 0 Å². The molecule has 2 aromatic rings. The highest BCUT2D eigenvalue weighted by Gasteiger charge is 2.29. The Labute approximate surface area is 137 Å². The summed E-state index contributed by atoms with van der Waals surface area (Å²) in [6.07, 6.45) is -4.47. The van der Waals surface area contributed by atoms with E-state index in [4.69, 9.17) is 4.74 Å². The van der Waals surface area contributed by atoms with Gasteiger partial charge < -0.3 is 15.4 Å². The van der Waals surface area contributed by atoms with Crippen molar-refractivity contribution in [3.8, 4) is 5.75 Å². The van der Waals surface area contributed by atoms with Crippen LogP contribution < -0.4 is 15.4 Å². The number of anilines is 2. The largest absolute Gasteiger partial charge is 0.489 e. The molecule has 0 bridgehead atoms. The van der Waals surface area contributed by atoms with E-state index in [1.807, 2.05) is 13.8 Å². The molecule has 0 unspecified atom stereocenters. The summed E-state index contributed by atoms with van der Waals surface area (Å²) in [5, 5.41) is 5.09. The summed E-state index contributed by atoms with van der Waals surface area (Å²) in [5.41, 5.74) is -0.0532. The molecule has 0 aliphatic heterocycles. The molecule has 0 aromatic heterocycles. The van der Waals surface area contributed by atoms with Crippen LogP contribution in [0.5, 0.6) is 5.75 Å². The third kappa shape index (κ3) is 4.91. The minimum absolute atomic E-state index is 0.0640. The number of carbonyl (C=O) groups is 1. The van der Waals surface area contributed by atoms with E-state index >= 15 is 0 Å². The second-order valence-electron chi connectivity index (χ2n) is 5.32. The molecule has 2 N–H and O–H groups in total. The van der Waals surface area contributed by atoms with Gasteiger partial charge in [-0.1, -0.05) is 12.1 Å². The van der Waals surface area contributed by atoms with Gasteiger partial charge in [-0.2, -0.15) is 13.2 Å². The van der Waals surface area contributed by atoms with Crippen LogP contribution in [-0.2, 0) is 6.18 Å². The smallest absolute Gasteiger partial charge is 0.416 e. The summed E-state index contributed by atoms with van der Waals surface area (Å²) in [7, 11) is 0. The zero-order valence-corrected chi connectivity index (χ0v) is 13.1. The van der Waals surface area contributed by atoms with E-state index in [1.54, 1.807) is 24.3 Å². The molecule has 2 rings (SSSR count). The lowest BCUT2D eigenvalue weighted by atomic mass is 10.2. The number of hydrogen-bond donors (Lipinski definition) is 2. The van der Waals surface area contributed by atoms with Crippen molar-refractivity contribution in [3.05, 3.63) is 54.1 Å². The maximum Gasteiger partial charge on any atom is 0.416 e. The van der Waals surface area contributed by atoms with E-state index in [0.29, 0.717) is 11.4 Å². The fraction of sp³-hybridized carbons (Fsp3) is 0.235. The number of urea groups is 1. The van der Waals surface area contributed by atoms with Gasteiger partial charge in [0.25, 0.3) is 0 Å². The van der Waals surface area contributed by atoms with Gasteiger partial charge in [-0.3, -0.25) is 0 Å². The summed E-state index contributed by atoms with van der Waals surface area (Å²) in [6.45, 7) is 3.72. The fourth-order valence-electron chi connectivity index (χ4n) is 1.95. The Bertz CT molecular complexity index is 698. The van der Waals surface area contributed by atoms with Crippen molar-refractivity contribution in [3.63, 3.8) is 0 Å². The molecule has 0 radical (unpaired) electrons. The highest BCUT2D eigenvalue weighted by Crippen LogP contribution is 2.30. The standard InChI is InChI=1S/C17H17F3N2O2/c1-11(2)24-15-6-4-3-5-14(15)22-16(23)21-13-9-7-12(8-10-13)17(18,19)20/h3-11H,1-2H3,(H2,21,22,23). The summed E-state index contributed by atoms with van der Waals surface area (Å²) in [4.78, 5) is 12.0. The lowest BCUT2D eigenvalue weighted by Gasteiger charge is -2.15. The Morgan fingerprint density at radius 3 is 2.21 bits per heavy atom. The first-order chi connectivity index (χ1) is 11.3. The van der Waals surface area contributed by atoms with Crippen LogP contribution in [0.25, 0.3) is 0 Å². The third-order valence-electron chi connectivity index (χ3n) is 2.97. The Kier molecular flexibility index (Phi) is 5.33. The maximum atomic E-state index is 12.5. The minimum atomic E-state index is -4.41. The number of ether oxygens (including phenoxy) is 1. The summed E-state index contributed by atoms with van der Waals surface area (Å²) < 4.78 is 43.1. The fourth-order valence-corrected chi connectivity index (χ4v) is 1.95. The minimum Gasteiger partial charge on any atom is -0.489 e. The van der Waals surface area contributed by atoms with Gasteiger partial charge in [0.2, 0.25) is 0 Å². The van der Waals surface area contributed by atoms with Crippen LogP contribution in [0.3, 0.4) is 0 Å². The number of para-hydroxylation sites is 2. The summed E-state index contributed by atoms with van der Waals surface area (Å²) in [6, 6.07) is 10.5. The first-order valence-corrected chi connectivity index (χ1v) is 7.26. The van der Waals surface area contributed by atoms with Gasteiger partial charge in [0, 0.05) is 5.69 Å². The third-order valence-corrected chi connectivity index (χ3v) is 2.97. The molecule has 0 aliphatic carbocycles.